The molecular formula is C8H12N2O3. The first-order chi connectivity index (χ1) is 6.11. The highest BCUT2D eigenvalue weighted by atomic mass is 16.5. The second-order valence-corrected chi connectivity index (χ2v) is 2.56. The van der Waals surface area contributed by atoms with E-state index in [0.717, 1.165) is 0 Å². The smallest absolute Gasteiger partial charge is 0.422 e. The normalized spacial score (nSPS) is 9.85. The van der Waals surface area contributed by atoms with E-state index in [-0.39, 0.29) is 0 Å². The summed E-state index contributed by atoms with van der Waals surface area (Å²) in [5.74, 6) is 0.977. The summed E-state index contributed by atoms with van der Waals surface area (Å²) in [6.45, 7) is 3.48. The maximum atomic E-state index is 11.2. The summed E-state index contributed by atoms with van der Waals surface area (Å²) in [6.07, 6.45) is -0.491. The molecule has 1 aromatic heterocycles. The number of rotatable bonds is 1. The number of imidazole rings is 1. The van der Waals surface area contributed by atoms with Crippen LogP contribution < -0.4 is 4.74 Å². The Kier molecular flexibility index (Phi) is 2.55. The van der Waals surface area contributed by atoms with Crippen LogP contribution in [0.4, 0.5) is 4.79 Å². The van der Waals surface area contributed by atoms with Crippen molar-refractivity contribution >= 4 is 6.09 Å². The van der Waals surface area contributed by atoms with Crippen molar-refractivity contribution in [2.24, 2.45) is 0 Å². The third kappa shape index (κ3) is 1.49. The molecule has 0 fully saturated rings. The van der Waals surface area contributed by atoms with E-state index in [4.69, 9.17) is 4.74 Å². The molecule has 0 saturated carbocycles. The molecule has 0 aliphatic rings. The van der Waals surface area contributed by atoms with Gasteiger partial charge in [-0.15, -0.1) is 0 Å². The molecule has 0 N–H and O–H groups in total. The van der Waals surface area contributed by atoms with E-state index in [9.17, 15) is 4.79 Å². The van der Waals surface area contributed by atoms with Gasteiger partial charge in [-0.1, -0.05) is 0 Å². The monoisotopic (exact) mass is 184 g/mol. The van der Waals surface area contributed by atoms with Crippen molar-refractivity contribution < 1.29 is 14.3 Å². The maximum absolute atomic E-state index is 11.2. The molecule has 0 saturated heterocycles. The van der Waals surface area contributed by atoms with Crippen LogP contribution in [0.2, 0.25) is 0 Å². The molecular weight excluding hydrogens is 172 g/mol. The number of methoxy groups -OCH3 is 2. The molecule has 0 spiro atoms. The first-order valence-electron chi connectivity index (χ1n) is 3.80. The summed E-state index contributed by atoms with van der Waals surface area (Å²) in [6, 6.07) is 0. The predicted molar refractivity (Wildman–Crippen MR) is 46.1 cm³/mol. The summed E-state index contributed by atoms with van der Waals surface area (Å²) in [4.78, 5) is 15.3. The van der Waals surface area contributed by atoms with Gasteiger partial charge in [0.1, 0.15) is 11.5 Å². The fourth-order valence-electron chi connectivity index (χ4n) is 1.19. The van der Waals surface area contributed by atoms with Gasteiger partial charge in [0.05, 0.1) is 14.2 Å². The number of carbonyl (C=O) groups is 1. The van der Waals surface area contributed by atoms with Gasteiger partial charge in [0.15, 0.2) is 0 Å². The minimum atomic E-state index is -0.491. The van der Waals surface area contributed by atoms with E-state index in [2.05, 4.69) is 9.72 Å². The van der Waals surface area contributed by atoms with E-state index in [1.54, 1.807) is 13.8 Å². The van der Waals surface area contributed by atoms with Crippen molar-refractivity contribution in [3.63, 3.8) is 0 Å². The first kappa shape index (κ1) is 9.57. The van der Waals surface area contributed by atoms with Crippen LogP contribution in [0.25, 0.3) is 0 Å². The number of hydrogen-bond donors (Lipinski definition) is 0. The third-order valence-electron chi connectivity index (χ3n) is 1.72. The molecule has 0 aliphatic heterocycles. The van der Waals surface area contributed by atoms with Crippen LogP contribution in [-0.2, 0) is 4.74 Å². The van der Waals surface area contributed by atoms with Crippen LogP contribution in [0.1, 0.15) is 11.5 Å². The lowest BCUT2D eigenvalue weighted by atomic mass is 10.5. The maximum Gasteiger partial charge on any atom is 0.422 e. The van der Waals surface area contributed by atoms with Gasteiger partial charge < -0.3 is 9.47 Å². The summed E-state index contributed by atoms with van der Waals surface area (Å²) < 4.78 is 10.9. The minimum absolute atomic E-state index is 0.421. The number of nitrogens with zero attached hydrogens (tertiary/aromatic N) is 2. The predicted octanol–water partition coefficient (Wildman–Crippen LogP) is 1.12. The Morgan fingerprint density at radius 3 is 2.46 bits per heavy atom. The number of carbonyl (C=O) groups excluding carboxylic acids is 1. The first-order valence-corrected chi connectivity index (χ1v) is 3.80. The van der Waals surface area contributed by atoms with Crippen molar-refractivity contribution in [3.8, 4) is 5.88 Å². The standard InChI is InChI=1S/C8H12N2O3/c1-5-7(12-3)10(6(2)9-5)8(11)13-4/h1-4H3. The number of hydrogen-bond acceptors (Lipinski definition) is 4. The van der Waals surface area contributed by atoms with E-state index in [0.29, 0.717) is 17.4 Å². The molecule has 1 heterocycles. The molecule has 0 bridgehead atoms. The molecule has 0 amide bonds. The molecule has 0 unspecified atom stereocenters. The van der Waals surface area contributed by atoms with Crippen molar-refractivity contribution in [1.82, 2.24) is 9.55 Å². The van der Waals surface area contributed by atoms with Crippen LogP contribution in [0.3, 0.4) is 0 Å². The molecule has 5 heteroatoms. The fraction of sp³-hybridized carbons (Fsp3) is 0.500. The topological polar surface area (TPSA) is 53.4 Å². The zero-order chi connectivity index (χ0) is 10.0. The van der Waals surface area contributed by atoms with E-state index in [1.807, 2.05) is 0 Å². The molecule has 0 aliphatic carbocycles. The van der Waals surface area contributed by atoms with Crippen molar-refractivity contribution in [2.75, 3.05) is 14.2 Å². The molecule has 0 atom stereocenters. The zero-order valence-corrected chi connectivity index (χ0v) is 8.12. The quantitative estimate of drug-likeness (QED) is 0.656. The minimum Gasteiger partial charge on any atom is -0.480 e. The largest absolute Gasteiger partial charge is 0.480 e. The highest BCUT2D eigenvalue weighted by Crippen LogP contribution is 2.18. The van der Waals surface area contributed by atoms with E-state index in [1.165, 1.54) is 18.8 Å². The molecule has 5 nitrogen and oxygen atoms in total. The number of ether oxygens (including phenoxy) is 2. The second-order valence-electron chi connectivity index (χ2n) is 2.56. The Morgan fingerprint density at radius 2 is 2.00 bits per heavy atom. The molecule has 1 aromatic rings. The van der Waals surface area contributed by atoms with E-state index >= 15 is 0 Å². The van der Waals surface area contributed by atoms with Crippen molar-refractivity contribution in [2.45, 2.75) is 13.8 Å². The van der Waals surface area contributed by atoms with Gasteiger partial charge in [-0.2, -0.15) is 0 Å². The average Bonchev–Trinajstić information content (AvgIpc) is 2.39. The van der Waals surface area contributed by atoms with Crippen molar-refractivity contribution in [1.29, 1.82) is 0 Å². The summed E-state index contributed by atoms with van der Waals surface area (Å²) in [5.41, 5.74) is 0.672. The van der Waals surface area contributed by atoms with Gasteiger partial charge in [-0.25, -0.2) is 14.3 Å². The zero-order valence-electron chi connectivity index (χ0n) is 8.12. The van der Waals surface area contributed by atoms with Gasteiger partial charge in [-0.05, 0) is 13.8 Å². The van der Waals surface area contributed by atoms with Crippen LogP contribution in [0.5, 0.6) is 5.88 Å². The molecule has 13 heavy (non-hydrogen) atoms. The highest BCUT2D eigenvalue weighted by molar-refractivity contribution is 5.73. The lowest BCUT2D eigenvalue weighted by Crippen LogP contribution is -2.14. The Balaban J connectivity index is 3.24. The van der Waals surface area contributed by atoms with Gasteiger partial charge in [0.2, 0.25) is 5.88 Å². The van der Waals surface area contributed by atoms with Crippen LogP contribution in [0.15, 0.2) is 0 Å². The fourth-order valence-corrected chi connectivity index (χ4v) is 1.19. The molecule has 0 radical (unpaired) electrons. The van der Waals surface area contributed by atoms with Gasteiger partial charge in [-0.3, -0.25) is 0 Å². The number of aryl methyl sites for hydroxylation is 2. The Bertz CT molecular complexity index is 330. The molecule has 1 rings (SSSR count). The van der Waals surface area contributed by atoms with Gasteiger partial charge >= 0.3 is 6.09 Å². The van der Waals surface area contributed by atoms with Crippen LogP contribution in [-0.4, -0.2) is 29.9 Å². The summed E-state index contributed by atoms with van der Waals surface area (Å²) in [5, 5.41) is 0. The number of aromatic nitrogens is 2. The lowest BCUT2D eigenvalue weighted by molar-refractivity contribution is 0.169. The molecule has 0 aromatic carbocycles. The third-order valence-corrected chi connectivity index (χ3v) is 1.72. The van der Waals surface area contributed by atoms with Gasteiger partial charge in [0, 0.05) is 0 Å². The van der Waals surface area contributed by atoms with Crippen molar-refractivity contribution in [3.05, 3.63) is 11.5 Å². The Morgan fingerprint density at radius 1 is 1.38 bits per heavy atom. The molecule has 72 valence electrons. The SMILES string of the molecule is COC(=O)n1c(C)nc(C)c1OC. The summed E-state index contributed by atoms with van der Waals surface area (Å²) in [7, 11) is 2.80. The van der Waals surface area contributed by atoms with Crippen LogP contribution in [0, 0.1) is 13.8 Å². The average molecular weight is 184 g/mol. The Hall–Kier alpha value is -1.52. The highest BCUT2D eigenvalue weighted by Gasteiger charge is 2.17. The van der Waals surface area contributed by atoms with E-state index < -0.39 is 6.09 Å². The van der Waals surface area contributed by atoms with Gasteiger partial charge in [0.25, 0.3) is 0 Å². The second kappa shape index (κ2) is 3.47. The lowest BCUT2D eigenvalue weighted by Gasteiger charge is -2.05. The van der Waals surface area contributed by atoms with Crippen LogP contribution >= 0.6 is 0 Å². The summed E-state index contributed by atoms with van der Waals surface area (Å²) >= 11 is 0. The Labute approximate surface area is 76.3 Å².